The number of carbonyl (C=O) groups excluding carboxylic acids is 2. The van der Waals surface area contributed by atoms with E-state index in [1.165, 1.54) is 12.1 Å². The quantitative estimate of drug-likeness (QED) is 0.891. The minimum Gasteiger partial charge on any atom is -0.338 e. The Morgan fingerprint density at radius 3 is 2.46 bits per heavy atom. The van der Waals surface area contributed by atoms with Gasteiger partial charge in [0.1, 0.15) is 0 Å². The van der Waals surface area contributed by atoms with E-state index in [1.54, 1.807) is 23.1 Å². The molecule has 0 atom stereocenters. The highest BCUT2D eigenvalue weighted by Gasteiger charge is 2.30. The van der Waals surface area contributed by atoms with Gasteiger partial charge in [0.15, 0.2) is 0 Å². The van der Waals surface area contributed by atoms with Crippen molar-refractivity contribution in [2.45, 2.75) is 25.6 Å². The summed E-state index contributed by atoms with van der Waals surface area (Å²) in [5.74, 6) is -0.316. The fraction of sp³-hybridized carbons (Fsp3) is 0.263. The molecule has 1 aliphatic heterocycles. The highest BCUT2D eigenvalue weighted by Crippen LogP contribution is 2.29. The van der Waals surface area contributed by atoms with Crippen molar-refractivity contribution in [3.63, 3.8) is 0 Å². The fourth-order valence-electron chi connectivity index (χ4n) is 2.85. The highest BCUT2D eigenvalue weighted by atomic mass is 19.4. The Hall–Kier alpha value is -2.83. The smallest absolute Gasteiger partial charge is 0.338 e. The maximum absolute atomic E-state index is 12.6. The van der Waals surface area contributed by atoms with E-state index in [-0.39, 0.29) is 11.6 Å². The molecule has 0 aromatic heterocycles. The van der Waals surface area contributed by atoms with Crippen molar-refractivity contribution in [1.82, 2.24) is 4.90 Å². The van der Waals surface area contributed by atoms with Crippen molar-refractivity contribution in [3.05, 3.63) is 65.2 Å². The Bertz CT molecular complexity index is 816. The van der Waals surface area contributed by atoms with Gasteiger partial charge in [-0.15, -0.1) is 0 Å². The monoisotopic (exact) mass is 362 g/mol. The van der Waals surface area contributed by atoms with Crippen LogP contribution in [0.2, 0.25) is 0 Å². The number of halogens is 3. The lowest BCUT2D eigenvalue weighted by atomic mass is 10.1. The molecule has 0 spiro atoms. The van der Waals surface area contributed by atoms with Crippen molar-refractivity contribution in [2.24, 2.45) is 0 Å². The number of benzene rings is 2. The molecule has 2 amide bonds. The fourth-order valence-corrected chi connectivity index (χ4v) is 2.85. The van der Waals surface area contributed by atoms with Crippen molar-refractivity contribution < 1.29 is 22.8 Å². The summed E-state index contributed by atoms with van der Waals surface area (Å²) < 4.78 is 37.7. The number of hydrogen-bond acceptors (Lipinski definition) is 2. The van der Waals surface area contributed by atoms with E-state index >= 15 is 0 Å². The van der Waals surface area contributed by atoms with Gasteiger partial charge in [0.05, 0.1) is 5.56 Å². The number of hydrogen-bond donors (Lipinski definition) is 1. The van der Waals surface area contributed by atoms with Crippen LogP contribution in [0.3, 0.4) is 0 Å². The number of amides is 2. The van der Waals surface area contributed by atoms with E-state index in [0.29, 0.717) is 25.1 Å². The van der Waals surface area contributed by atoms with Crippen LogP contribution in [0, 0.1) is 0 Å². The molecule has 1 heterocycles. The Balaban J connectivity index is 1.68. The van der Waals surface area contributed by atoms with Crippen molar-refractivity contribution in [3.8, 4) is 0 Å². The molecule has 1 fully saturated rings. The van der Waals surface area contributed by atoms with E-state index in [4.69, 9.17) is 0 Å². The minimum atomic E-state index is -4.41. The predicted octanol–water partition coefficient (Wildman–Crippen LogP) is 4.08. The molecule has 26 heavy (non-hydrogen) atoms. The van der Waals surface area contributed by atoms with E-state index in [2.05, 4.69) is 5.32 Å². The van der Waals surface area contributed by atoms with Crippen LogP contribution < -0.4 is 5.32 Å². The van der Waals surface area contributed by atoms with Gasteiger partial charge in [-0.2, -0.15) is 13.2 Å². The first-order valence-electron chi connectivity index (χ1n) is 8.18. The molecule has 0 unspecified atom stereocenters. The third-order valence-corrected chi connectivity index (χ3v) is 4.20. The third kappa shape index (κ3) is 4.22. The molecule has 0 bridgehead atoms. The molecule has 1 N–H and O–H groups in total. The van der Waals surface area contributed by atoms with Crippen molar-refractivity contribution >= 4 is 17.5 Å². The summed E-state index contributed by atoms with van der Waals surface area (Å²) in [5, 5.41) is 2.58. The van der Waals surface area contributed by atoms with Gasteiger partial charge in [0.25, 0.3) is 5.91 Å². The zero-order chi connectivity index (χ0) is 18.7. The summed E-state index contributed by atoms with van der Waals surface area (Å²) in [6, 6.07) is 11.1. The number of alkyl halides is 3. The molecule has 136 valence electrons. The summed E-state index contributed by atoms with van der Waals surface area (Å²) in [4.78, 5) is 25.8. The molecule has 1 aliphatic rings. The normalized spacial score (nSPS) is 14.6. The molecule has 1 saturated heterocycles. The molecule has 0 saturated carbocycles. The van der Waals surface area contributed by atoms with E-state index < -0.39 is 17.6 Å². The maximum atomic E-state index is 12.6. The molecule has 4 nitrogen and oxygen atoms in total. The summed E-state index contributed by atoms with van der Waals surface area (Å²) in [5.41, 5.74) is 0.727. The first-order chi connectivity index (χ1) is 12.3. The summed E-state index contributed by atoms with van der Waals surface area (Å²) in [6.45, 7) is 1.15. The second kappa shape index (κ2) is 7.19. The van der Waals surface area contributed by atoms with Gasteiger partial charge in [-0.1, -0.05) is 12.1 Å². The number of nitrogens with one attached hydrogen (secondary N) is 1. The zero-order valence-electron chi connectivity index (χ0n) is 13.8. The van der Waals surface area contributed by atoms with Gasteiger partial charge in [-0.05, 0) is 48.4 Å². The van der Waals surface area contributed by atoms with Crippen LogP contribution in [0.25, 0.3) is 0 Å². The lowest BCUT2D eigenvalue weighted by Crippen LogP contribution is -2.24. The molecular formula is C19H17F3N2O2. The summed E-state index contributed by atoms with van der Waals surface area (Å²) in [7, 11) is 0. The molecule has 0 aliphatic carbocycles. The zero-order valence-corrected chi connectivity index (χ0v) is 13.8. The van der Waals surface area contributed by atoms with Gasteiger partial charge in [-0.3, -0.25) is 9.59 Å². The number of rotatable bonds is 4. The number of carbonyl (C=O) groups is 2. The van der Waals surface area contributed by atoms with Crippen LogP contribution in [0.15, 0.2) is 48.5 Å². The lowest BCUT2D eigenvalue weighted by molar-refractivity contribution is -0.137. The average molecular weight is 362 g/mol. The second-order valence-electron chi connectivity index (χ2n) is 6.15. The molecule has 0 radical (unpaired) electrons. The highest BCUT2D eigenvalue weighted by molar-refractivity contribution is 6.04. The molecule has 2 aromatic rings. The first-order valence-corrected chi connectivity index (χ1v) is 8.18. The van der Waals surface area contributed by atoms with Crippen LogP contribution in [-0.4, -0.2) is 23.3 Å². The Morgan fingerprint density at radius 1 is 1.12 bits per heavy atom. The predicted molar refractivity (Wildman–Crippen MR) is 90.5 cm³/mol. The Kier molecular flexibility index (Phi) is 4.97. The molecule has 7 heteroatoms. The van der Waals surface area contributed by atoms with E-state index in [0.717, 1.165) is 24.1 Å². The maximum Gasteiger partial charge on any atom is 0.416 e. The minimum absolute atomic E-state index is 0.101. The average Bonchev–Trinajstić information content (AvgIpc) is 2.99. The standard InChI is InChI=1S/C19H17F3N2O2/c20-19(21,22)15-6-8-16(9-7-15)23-18(26)14-4-1-3-13(11-14)12-24-10-2-5-17(24)25/h1,3-4,6-9,11H,2,5,10,12H2,(H,23,26). The Labute approximate surface area is 148 Å². The van der Waals surface area contributed by atoms with Gasteiger partial charge in [-0.25, -0.2) is 0 Å². The van der Waals surface area contributed by atoms with Gasteiger partial charge in [0.2, 0.25) is 5.91 Å². The van der Waals surface area contributed by atoms with Crippen LogP contribution in [0.5, 0.6) is 0 Å². The van der Waals surface area contributed by atoms with Gasteiger partial charge in [0, 0.05) is 30.8 Å². The largest absolute Gasteiger partial charge is 0.416 e. The topological polar surface area (TPSA) is 49.4 Å². The molecule has 3 rings (SSSR count). The molecule has 2 aromatic carbocycles. The van der Waals surface area contributed by atoms with E-state index in [9.17, 15) is 22.8 Å². The SMILES string of the molecule is O=C(Nc1ccc(C(F)(F)F)cc1)c1cccc(CN2CCCC2=O)c1. The number of anilines is 1. The van der Waals surface area contributed by atoms with Gasteiger partial charge < -0.3 is 10.2 Å². The first kappa shape index (κ1) is 18.0. The molecular weight excluding hydrogens is 345 g/mol. The van der Waals surface area contributed by atoms with Crippen LogP contribution in [-0.2, 0) is 17.5 Å². The number of likely N-dealkylation sites (tertiary alicyclic amines) is 1. The summed E-state index contributed by atoms with van der Waals surface area (Å²) >= 11 is 0. The second-order valence-corrected chi connectivity index (χ2v) is 6.15. The van der Waals surface area contributed by atoms with Crippen molar-refractivity contribution in [1.29, 1.82) is 0 Å². The van der Waals surface area contributed by atoms with Crippen LogP contribution in [0.1, 0.15) is 34.3 Å². The van der Waals surface area contributed by atoms with Crippen molar-refractivity contribution in [2.75, 3.05) is 11.9 Å². The third-order valence-electron chi connectivity index (χ3n) is 4.20. The Morgan fingerprint density at radius 2 is 1.85 bits per heavy atom. The van der Waals surface area contributed by atoms with Crippen LogP contribution >= 0.6 is 0 Å². The van der Waals surface area contributed by atoms with E-state index in [1.807, 2.05) is 6.07 Å². The van der Waals surface area contributed by atoms with Crippen LogP contribution in [0.4, 0.5) is 18.9 Å². The number of nitrogens with zero attached hydrogens (tertiary/aromatic N) is 1. The summed E-state index contributed by atoms with van der Waals surface area (Å²) in [6.07, 6.45) is -3.02. The lowest BCUT2D eigenvalue weighted by Gasteiger charge is -2.16. The van der Waals surface area contributed by atoms with Gasteiger partial charge >= 0.3 is 6.18 Å².